The highest BCUT2D eigenvalue weighted by atomic mass is 35.5. The Hall–Kier alpha value is -1.65. The Morgan fingerprint density at radius 3 is 2.95 bits per heavy atom. The van der Waals surface area contributed by atoms with Gasteiger partial charge in [-0.05, 0) is 30.8 Å². The maximum absolute atomic E-state index is 13.4. The van der Waals surface area contributed by atoms with E-state index in [1.807, 2.05) is 7.05 Å². The molecule has 19 heavy (non-hydrogen) atoms. The van der Waals surface area contributed by atoms with Crippen molar-refractivity contribution in [3.63, 3.8) is 0 Å². The molecule has 3 nitrogen and oxygen atoms in total. The van der Waals surface area contributed by atoms with Crippen molar-refractivity contribution >= 4 is 11.6 Å². The number of nitrogens with zero attached hydrogens (tertiary/aromatic N) is 1. The number of pyridine rings is 1. The quantitative estimate of drug-likeness (QED) is 0.913. The summed E-state index contributed by atoms with van der Waals surface area (Å²) in [5, 5.41) is 3.51. The van der Waals surface area contributed by atoms with Crippen LogP contribution in [0, 0.1) is 5.82 Å². The van der Waals surface area contributed by atoms with Crippen molar-refractivity contribution in [3.05, 3.63) is 58.6 Å². The predicted molar refractivity (Wildman–Crippen MR) is 72.7 cm³/mol. The third-order valence-corrected chi connectivity index (χ3v) is 2.90. The van der Waals surface area contributed by atoms with E-state index in [9.17, 15) is 4.39 Å². The van der Waals surface area contributed by atoms with Gasteiger partial charge in [-0.25, -0.2) is 4.39 Å². The Morgan fingerprint density at radius 1 is 1.37 bits per heavy atom. The summed E-state index contributed by atoms with van der Waals surface area (Å²) in [5.41, 5.74) is 1.65. The maximum atomic E-state index is 13.4. The second kappa shape index (κ2) is 6.50. The van der Waals surface area contributed by atoms with Crippen molar-refractivity contribution in [2.45, 2.75) is 13.2 Å². The molecule has 0 saturated carbocycles. The van der Waals surface area contributed by atoms with Gasteiger partial charge in [0.1, 0.15) is 18.2 Å². The van der Waals surface area contributed by atoms with Crippen LogP contribution in [0.15, 0.2) is 36.7 Å². The van der Waals surface area contributed by atoms with E-state index in [2.05, 4.69) is 10.3 Å². The molecule has 0 aliphatic heterocycles. The minimum Gasteiger partial charge on any atom is -0.489 e. The Morgan fingerprint density at radius 2 is 2.21 bits per heavy atom. The molecular weight excluding hydrogens is 267 g/mol. The SMILES string of the molecule is CNCc1cc(F)cc(OCc2ccncc2Cl)c1. The molecule has 2 rings (SSSR count). The molecule has 5 heteroatoms. The van der Waals surface area contributed by atoms with E-state index in [4.69, 9.17) is 16.3 Å². The molecule has 100 valence electrons. The lowest BCUT2D eigenvalue weighted by molar-refractivity contribution is 0.304. The molecular formula is C14H14ClFN2O. The standard InChI is InChI=1S/C14H14ClFN2O/c1-17-7-10-4-12(16)6-13(5-10)19-9-11-2-3-18-8-14(11)15/h2-6,8,17H,7,9H2,1H3. The minimum atomic E-state index is -0.316. The molecule has 1 N–H and O–H groups in total. The normalized spacial score (nSPS) is 10.5. The fraction of sp³-hybridized carbons (Fsp3) is 0.214. The highest BCUT2D eigenvalue weighted by Gasteiger charge is 2.04. The van der Waals surface area contributed by atoms with Gasteiger partial charge in [0.25, 0.3) is 0 Å². The summed E-state index contributed by atoms with van der Waals surface area (Å²) < 4.78 is 19.0. The molecule has 0 amide bonds. The zero-order chi connectivity index (χ0) is 13.7. The Labute approximate surface area is 116 Å². The first kappa shape index (κ1) is 13.8. The van der Waals surface area contributed by atoms with Crippen LogP contribution in [0.5, 0.6) is 5.75 Å². The van der Waals surface area contributed by atoms with E-state index in [0.29, 0.717) is 17.3 Å². The zero-order valence-electron chi connectivity index (χ0n) is 10.5. The molecule has 0 unspecified atom stereocenters. The van der Waals surface area contributed by atoms with Gasteiger partial charge < -0.3 is 10.1 Å². The van der Waals surface area contributed by atoms with Gasteiger partial charge in [0.15, 0.2) is 0 Å². The summed E-state index contributed by atoms with van der Waals surface area (Å²) in [6.07, 6.45) is 3.20. The zero-order valence-corrected chi connectivity index (χ0v) is 11.2. The molecule has 0 atom stereocenters. The van der Waals surface area contributed by atoms with Gasteiger partial charge in [-0.1, -0.05) is 11.6 Å². The molecule has 0 aliphatic carbocycles. The number of nitrogens with one attached hydrogen (secondary N) is 1. The van der Waals surface area contributed by atoms with Crippen LogP contribution < -0.4 is 10.1 Å². The van der Waals surface area contributed by atoms with E-state index >= 15 is 0 Å². The number of rotatable bonds is 5. The number of halogens is 2. The number of hydrogen-bond donors (Lipinski definition) is 1. The lowest BCUT2D eigenvalue weighted by Crippen LogP contribution is -2.06. The average molecular weight is 281 g/mol. The molecule has 0 saturated heterocycles. The van der Waals surface area contributed by atoms with Gasteiger partial charge in [0, 0.05) is 30.6 Å². The second-order valence-electron chi connectivity index (χ2n) is 4.08. The van der Waals surface area contributed by atoms with Crippen molar-refractivity contribution in [2.24, 2.45) is 0 Å². The second-order valence-corrected chi connectivity index (χ2v) is 4.49. The molecule has 1 heterocycles. The Bertz CT molecular complexity index is 563. The van der Waals surface area contributed by atoms with Crippen LogP contribution in [0.25, 0.3) is 0 Å². The molecule has 0 spiro atoms. The smallest absolute Gasteiger partial charge is 0.127 e. The van der Waals surface area contributed by atoms with Gasteiger partial charge >= 0.3 is 0 Å². The third kappa shape index (κ3) is 3.91. The van der Waals surface area contributed by atoms with E-state index in [1.165, 1.54) is 12.1 Å². The van der Waals surface area contributed by atoms with Crippen molar-refractivity contribution in [1.29, 1.82) is 0 Å². The summed E-state index contributed by atoms with van der Waals surface area (Å²) in [4.78, 5) is 3.90. The summed E-state index contributed by atoms with van der Waals surface area (Å²) in [6.45, 7) is 0.869. The van der Waals surface area contributed by atoms with E-state index < -0.39 is 0 Å². The molecule has 0 radical (unpaired) electrons. The van der Waals surface area contributed by atoms with E-state index in [-0.39, 0.29) is 12.4 Å². The summed E-state index contributed by atoms with van der Waals surface area (Å²) in [7, 11) is 1.81. The first-order valence-electron chi connectivity index (χ1n) is 5.84. The highest BCUT2D eigenvalue weighted by Crippen LogP contribution is 2.20. The molecule has 2 aromatic rings. The number of benzene rings is 1. The van der Waals surface area contributed by atoms with Crippen LogP contribution in [-0.2, 0) is 13.2 Å². The van der Waals surface area contributed by atoms with Crippen molar-refractivity contribution in [2.75, 3.05) is 7.05 Å². The Kier molecular flexibility index (Phi) is 4.71. The number of hydrogen-bond acceptors (Lipinski definition) is 3. The number of ether oxygens (including phenoxy) is 1. The van der Waals surface area contributed by atoms with Gasteiger partial charge in [0.05, 0.1) is 5.02 Å². The topological polar surface area (TPSA) is 34.1 Å². The highest BCUT2D eigenvalue weighted by molar-refractivity contribution is 6.31. The summed E-state index contributed by atoms with van der Waals surface area (Å²) in [6, 6.07) is 6.40. The minimum absolute atomic E-state index is 0.282. The van der Waals surface area contributed by atoms with Crippen LogP contribution in [0.3, 0.4) is 0 Å². The van der Waals surface area contributed by atoms with Gasteiger partial charge in [-0.15, -0.1) is 0 Å². The summed E-state index contributed by atoms with van der Waals surface area (Å²) >= 11 is 5.98. The average Bonchev–Trinajstić information content (AvgIpc) is 2.37. The van der Waals surface area contributed by atoms with Crippen molar-refractivity contribution in [3.8, 4) is 5.75 Å². The largest absolute Gasteiger partial charge is 0.489 e. The lowest BCUT2D eigenvalue weighted by Gasteiger charge is -2.09. The van der Waals surface area contributed by atoms with Crippen LogP contribution in [0.4, 0.5) is 4.39 Å². The van der Waals surface area contributed by atoms with Crippen molar-refractivity contribution in [1.82, 2.24) is 10.3 Å². The van der Waals surface area contributed by atoms with Crippen molar-refractivity contribution < 1.29 is 9.13 Å². The summed E-state index contributed by atoms with van der Waals surface area (Å²) in [5.74, 6) is 0.168. The predicted octanol–water partition coefficient (Wildman–Crippen LogP) is 3.17. The maximum Gasteiger partial charge on any atom is 0.127 e. The molecule has 1 aromatic heterocycles. The van der Waals surface area contributed by atoms with Crippen LogP contribution in [0.2, 0.25) is 5.02 Å². The molecule has 0 aliphatic rings. The van der Waals surface area contributed by atoms with Gasteiger partial charge in [-0.3, -0.25) is 4.98 Å². The number of aromatic nitrogens is 1. The third-order valence-electron chi connectivity index (χ3n) is 2.56. The van der Waals surface area contributed by atoms with Crippen LogP contribution in [-0.4, -0.2) is 12.0 Å². The first-order valence-corrected chi connectivity index (χ1v) is 6.22. The lowest BCUT2D eigenvalue weighted by atomic mass is 10.2. The van der Waals surface area contributed by atoms with E-state index in [1.54, 1.807) is 24.5 Å². The van der Waals surface area contributed by atoms with Gasteiger partial charge in [-0.2, -0.15) is 0 Å². The Balaban J connectivity index is 2.09. The fourth-order valence-corrected chi connectivity index (χ4v) is 1.87. The van der Waals surface area contributed by atoms with Crippen LogP contribution >= 0.6 is 11.6 Å². The van der Waals surface area contributed by atoms with E-state index in [0.717, 1.165) is 11.1 Å². The van der Waals surface area contributed by atoms with Gasteiger partial charge in [0.2, 0.25) is 0 Å². The molecule has 0 fully saturated rings. The molecule has 0 bridgehead atoms. The molecule has 1 aromatic carbocycles. The fourth-order valence-electron chi connectivity index (χ4n) is 1.69. The first-order chi connectivity index (χ1) is 9.19. The van der Waals surface area contributed by atoms with Crippen LogP contribution in [0.1, 0.15) is 11.1 Å². The monoisotopic (exact) mass is 280 g/mol.